The molecular weight excluding hydrogens is 1550 g/mol. The Hall–Kier alpha value is -11.9. The summed E-state index contributed by atoms with van der Waals surface area (Å²) in [7, 11) is -4.44. The zero-order valence-electron chi connectivity index (χ0n) is 62.5. The van der Waals surface area contributed by atoms with Crippen molar-refractivity contribution in [2.24, 2.45) is 5.14 Å². The third-order valence-corrected chi connectivity index (χ3v) is 19.1. The fraction of sp³-hybridized carbons (Fsp3) is 0.173. The number of alkyl halides is 3. The SMILES string of the molecule is CCCCNS(=O)(=O)c1ccccc1-c1ccc(CC(=O)/C=C\C(=O)Nc2ccc(OC)cc2)cc1.CCCCNS(=O)(=O)c1ccccc1-c1ccc(N)cc1.COc1ccc(NC(=O)/C=C\C(=O)Cc2ccc(-c3ccccc3S(N)(=O)=O)cc2)cc1.COc1ccc(NC(=O)/C=C\C(=O)O)cc1.O=BP.O=CC(F)(F)F. The number of nitrogens with two attached hydrogens (primary N) is 2. The first-order valence-corrected chi connectivity index (χ1v) is 39.6. The third kappa shape index (κ3) is 35.2. The van der Waals surface area contributed by atoms with Gasteiger partial charge in [0.2, 0.25) is 54.1 Å². The van der Waals surface area contributed by atoms with Crippen molar-refractivity contribution in [1.29, 1.82) is 0 Å². The van der Waals surface area contributed by atoms with Crippen molar-refractivity contribution in [3.05, 3.63) is 266 Å². The average Bonchev–Trinajstić information content (AvgIpc) is 0.822. The molecule has 0 heterocycles. The summed E-state index contributed by atoms with van der Waals surface area (Å²) < 4.78 is 134. The van der Waals surface area contributed by atoms with Crippen molar-refractivity contribution in [3.63, 3.8) is 0 Å². The number of allylic oxidation sites excluding steroid dienone is 2. The van der Waals surface area contributed by atoms with Crippen LogP contribution in [0.25, 0.3) is 33.4 Å². The Morgan fingerprint density at radius 1 is 0.456 bits per heavy atom. The molecule has 9 aromatic carbocycles. The molecule has 25 nitrogen and oxygen atoms in total. The van der Waals surface area contributed by atoms with Crippen molar-refractivity contribution in [2.75, 3.05) is 56.1 Å². The molecule has 0 saturated carbocycles. The van der Waals surface area contributed by atoms with Gasteiger partial charge < -0.3 is 41.0 Å². The number of amides is 3. The van der Waals surface area contributed by atoms with Gasteiger partial charge in [0, 0.05) is 89.7 Å². The van der Waals surface area contributed by atoms with Gasteiger partial charge in [-0.15, -0.1) is 0 Å². The van der Waals surface area contributed by atoms with Crippen molar-refractivity contribution in [2.45, 2.75) is 73.2 Å². The number of carboxylic acid groups (broad SMARTS) is 1. The average molecular weight is 1640 g/mol. The quantitative estimate of drug-likeness (QED) is 0.00517. The molecule has 0 aromatic heterocycles. The van der Waals surface area contributed by atoms with Crippen LogP contribution < -0.4 is 50.5 Å². The predicted octanol–water partition coefficient (Wildman–Crippen LogP) is 12.9. The van der Waals surface area contributed by atoms with Gasteiger partial charge in [-0.05, 0) is 156 Å². The molecule has 0 spiro atoms. The number of carbonyl (C=O) groups is 7. The molecule has 9 rings (SSSR count). The van der Waals surface area contributed by atoms with Crippen LogP contribution in [0.15, 0.2) is 270 Å². The fourth-order valence-corrected chi connectivity index (χ4v) is 13.0. The second-order valence-electron chi connectivity index (χ2n) is 23.6. The van der Waals surface area contributed by atoms with E-state index in [1.165, 1.54) is 30.4 Å². The van der Waals surface area contributed by atoms with Crippen LogP contribution in [0.1, 0.15) is 50.7 Å². The summed E-state index contributed by atoms with van der Waals surface area (Å²) >= 11 is 0. The number of methoxy groups -OCH3 is 3. The van der Waals surface area contributed by atoms with Gasteiger partial charge in [0.15, 0.2) is 11.6 Å². The number of sulfonamides is 3. The summed E-state index contributed by atoms with van der Waals surface area (Å²) in [6.45, 7) is 5.53. The number of carbonyl (C=O) groups excluding carboxylic acids is 6. The fourth-order valence-electron chi connectivity index (χ4n) is 9.60. The summed E-state index contributed by atoms with van der Waals surface area (Å²) in [5, 5.41) is 21.5. The number of hydrogen-bond acceptors (Lipinski definition) is 18. The maximum Gasteiger partial charge on any atom is 0.446 e. The number of halogens is 3. The molecular formula is C81H86BF3N7O18PS3. The second-order valence-corrected chi connectivity index (χ2v) is 28.9. The largest absolute Gasteiger partial charge is 0.446 e. The number of benzene rings is 9. The first-order valence-electron chi connectivity index (χ1n) is 34.4. The number of carboxylic acids is 1. The minimum Gasteiger partial charge on any atom is -0.293 e. The molecule has 33 heteroatoms. The first kappa shape index (κ1) is 94.5. The van der Waals surface area contributed by atoms with Crippen molar-refractivity contribution in [1.82, 2.24) is 9.44 Å². The van der Waals surface area contributed by atoms with Crippen LogP contribution in [0.5, 0.6) is 17.2 Å². The predicted molar refractivity (Wildman–Crippen MR) is 437 cm³/mol. The number of nitrogen functional groups attached to an aromatic ring is 1. The molecule has 0 bridgehead atoms. The minimum absolute atomic E-state index is 0.0367. The van der Waals surface area contributed by atoms with Crippen LogP contribution >= 0.6 is 9.12 Å². The van der Waals surface area contributed by atoms with E-state index in [2.05, 4.69) is 25.4 Å². The van der Waals surface area contributed by atoms with Crippen LogP contribution in [-0.2, 0) is 81.2 Å². The number of aliphatic carboxylic acids is 1. The Kier molecular flexibility index (Phi) is 40.4. The number of primary sulfonamides is 1. The number of aldehydes is 1. The molecule has 0 radical (unpaired) electrons. The minimum atomic E-state index is -4.64. The van der Waals surface area contributed by atoms with Crippen LogP contribution in [-0.4, -0.2) is 119 Å². The number of hydrogen-bond donors (Lipinski definition) is 8. The second kappa shape index (κ2) is 48.8. The molecule has 9 aromatic rings. The Balaban J connectivity index is 0.000000320. The van der Waals surface area contributed by atoms with Gasteiger partial charge in [-0.3, -0.25) is 28.8 Å². The van der Waals surface area contributed by atoms with E-state index in [-0.39, 0.29) is 34.2 Å². The maximum atomic E-state index is 12.8. The first-order chi connectivity index (χ1) is 54.2. The van der Waals surface area contributed by atoms with Crippen molar-refractivity contribution < 1.29 is 96.0 Å². The summed E-state index contributed by atoms with van der Waals surface area (Å²) in [6.07, 6.45) is 4.53. The molecule has 0 saturated heterocycles. The normalized spacial score (nSPS) is 11.0. The number of anilines is 4. The van der Waals surface area contributed by atoms with Gasteiger partial charge in [-0.1, -0.05) is 142 Å². The van der Waals surface area contributed by atoms with Crippen LogP contribution in [0, 0.1) is 0 Å². The summed E-state index contributed by atoms with van der Waals surface area (Å²) in [5.41, 5.74) is 13.6. The van der Waals surface area contributed by atoms with E-state index < -0.39 is 66.2 Å². The molecule has 0 fully saturated rings. The topological polar surface area (TPSA) is 399 Å². The Bertz CT molecular complexity index is 5110. The Morgan fingerprint density at radius 2 is 0.737 bits per heavy atom. The van der Waals surface area contributed by atoms with Gasteiger partial charge >= 0.3 is 32.8 Å². The maximum absolute atomic E-state index is 12.8. The Labute approximate surface area is 663 Å². The monoisotopic (exact) mass is 1640 g/mol. The van der Waals surface area contributed by atoms with E-state index in [9.17, 15) is 67.2 Å². The molecule has 0 aliphatic rings. The molecule has 10 N–H and O–H groups in total. The Morgan fingerprint density at radius 3 is 1.02 bits per heavy atom. The van der Waals surface area contributed by atoms with Crippen LogP contribution in [0.2, 0.25) is 0 Å². The third-order valence-electron chi connectivity index (χ3n) is 15.1. The van der Waals surface area contributed by atoms with E-state index >= 15 is 0 Å². The van der Waals surface area contributed by atoms with Crippen LogP contribution in [0.4, 0.5) is 35.9 Å². The molecule has 114 heavy (non-hydrogen) atoms. The van der Waals surface area contributed by atoms with E-state index in [0.29, 0.717) is 87.1 Å². The van der Waals surface area contributed by atoms with Crippen molar-refractivity contribution >= 4 is 110 Å². The standard InChI is InChI=1S/C28H30N2O5S.C24H22N2O5S.C16H20N2O2S.C11H11NO4.C2HF3O.BH2OP/c1-3-4-19-29-36(33,34)27-8-6-5-7-26(27)22-11-9-21(10-12-22)20-24(31)15-18-28(32)30-23-13-16-25(35-2)17-14-23;1-31-21-13-10-19(11-14-21)26-24(28)15-12-20(27)16-17-6-8-18(9-7-17)22-4-2-3-5-23(22)32(25,29)30;1-2-3-12-18-21(19,20)16-7-5-4-6-15(16)13-8-10-14(17)11-9-13;1-16-9-4-2-8(3-5-9)12-10(13)6-7-11(14)15;3-2(4,5)1-6;2-1-3/h5-18,29H,3-4,19-20H2,1-2H3,(H,30,32);2-15H,16H2,1H3,(H,26,28)(H2,25,29,30);4-11,18H,2-3,12,17H2,1H3;2-7H,1H3,(H,12,13)(H,14,15);1H;3H2/b18-15-;15-12-;;7-6-;;. The summed E-state index contributed by atoms with van der Waals surface area (Å²) in [4.78, 5) is 79.2. The molecule has 600 valence electrons. The van der Waals surface area contributed by atoms with Crippen LogP contribution in [0.3, 0.4) is 0 Å². The molecule has 3 amide bonds. The van der Waals surface area contributed by atoms with E-state index in [1.807, 2.05) is 41.2 Å². The van der Waals surface area contributed by atoms with Crippen molar-refractivity contribution in [3.8, 4) is 50.6 Å². The molecule has 0 aliphatic carbocycles. The zero-order valence-corrected chi connectivity index (χ0v) is 66.1. The summed E-state index contributed by atoms with van der Waals surface area (Å²) in [6, 6.07) is 61.9. The van der Waals surface area contributed by atoms with Gasteiger partial charge in [0.25, 0.3) is 0 Å². The molecule has 0 aliphatic heterocycles. The number of nitrogens with one attached hydrogen (secondary N) is 5. The summed E-state index contributed by atoms with van der Waals surface area (Å²) in [5.74, 6) is -0.918. The van der Waals surface area contributed by atoms with E-state index in [0.717, 1.165) is 60.1 Å². The molecule has 1 unspecified atom stereocenters. The number of ether oxygens (including phenoxy) is 3. The van der Waals surface area contributed by atoms with Gasteiger partial charge in [-0.2, -0.15) is 13.2 Å². The van der Waals surface area contributed by atoms with Gasteiger partial charge in [0.05, 0.1) is 36.0 Å². The van der Waals surface area contributed by atoms with Gasteiger partial charge in [0.1, 0.15) is 17.2 Å². The number of rotatable bonds is 30. The molecule has 1 atom stereocenters. The number of ketones is 2. The van der Waals surface area contributed by atoms with Gasteiger partial charge in [-0.25, -0.2) is 44.6 Å². The van der Waals surface area contributed by atoms with E-state index in [1.54, 1.807) is 215 Å². The van der Waals surface area contributed by atoms with E-state index in [4.69, 9.17) is 39.7 Å². The zero-order chi connectivity index (χ0) is 84.3. The number of unbranched alkanes of at least 4 members (excludes halogenated alkanes) is 2. The smallest absolute Gasteiger partial charge is 0.293 e.